The van der Waals surface area contributed by atoms with Gasteiger partial charge in [-0.15, -0.1) is 0 Å². The maximum Gasteiger partial charge on any atom is 0.176 e. The summed E-state index contributed by atoms with van der Waals surface area (Å²) in [6.45, 7) is 1.99. The van der Waals surface area contributed by atoms with Crippen molar-refractivity contribution in [3.05, 3.63) is 47.1 Å². The van der Waals surface area contributed by atoms with Gasteiger partial charge < -0.3 is 15.4 Å². The molecule has 0 amide bonds. The fourth-order valence-electron chi connectivity index (χ4n) is 1.65. The second-order valence-corrected chi connectivity index (χ2v) is 4.99. The van der Waals surface area contributed by atoms with Gasteiger partial charge in [0, 0.05) is 11.2 Å². The van der Waals surface area contributed by atoms with E-state index in [1.165, 1.54) is 0 Å². The van der Waals surface area contributed by atoms with Crippen LogP contribution in [0.4, 0.5) is 11.5 Å². The Morgan fingerprint density at radius 3 is 2.75 bits per heavy atom. The van der Waals surface area contributed by atoms with Gasteiger partial charge in [0.15, 0.2) is 5.11 Å². The van der Waals surface area contributed by atoms with Crippen molar-refractivity contribution < 1.29 is 4.74 Å². The highest BCUT2D eigenvalue weighted by atomic mass is 35.5. The number of thiocarbonyl (C=S) groups is 1. The lowest BCUT2D eigenvalue weighted by Crippen LogP contribution is -2.20. The van der Waals surface area contributed by atoms with E-state index >= 15 is 0 Å². The first-order valence-electron chi connectivity index (χ1n) is 5.92. The summed E-state index contributed by atoms with van der Waals surface area (Å²) in [6.07, 6.45) is 1.72. The molecule has 0 saturated carbocycles. The molecule has 0 unspecified atom stereocenters. The van der Waals surface area contributed by atoms with Crippen LogP contribution in [0.25, 0.3) is 0 Å². The van der Waals surface area contributed by atoms with Gasteiger partial charge in [-0.05, 0) is 55.0 Å². The molecule has 6 heteroatoms. The predicted molar refractivity (Wildman–Crippen MR) is 86.8 cm³/mol. The van der Waals surface area contributed by atoms with E-state index < -0.39 is 0 Å². The van der Waals surface area contributed by atoms with Gasteiger partial charge in [-0.1, -0.05) is 11.6 Å². The van der Waals surface area contributed by atoms with E-state index in [9.17, 15) is 0 Å². The number of benzene rings is 1. The maximum atomic E-state index is 5.97. The zero-order chi connectivity index (χ0) is 14.5. The van der Waals surface area contributed by atoms with Crippen molar-refractivity contribution in [3.8, 4) is 5.75 Å². The Kier molecular flexibility index (Phi) is 4.76. The molecule has 0 spiro atoms. The summed E-state index contributed by atoms with van der Waals surface area (Å²) in [6, 6.07) is 9.10. The van der Waals surface area contributed by atoms with Crippen molar-refractivity contribution in [3.63, 3.8) is 0 Å². The molecule has 0 atom stereocenters. The standard InChI is InChI=1S/C14H14ClN3OS/c1-9-5-6-16-13(7-9)18-14(20)17-11-8-10(15)3-4-12(11)19-2/h3-8H,1-2H3,(H2,16,17,18,20). The highest BCUT2D eigenvalue weighted by molar-refractivity contribution is 7.80. The summed E-state index contributed by atoms with van der Waals surface area (Å²) in [5, 5.41) is 7.08. The van der Waals surface area contributed by atoms with Gasteiger partial charge in [-0.2, -0.15) is 0 Å². The van der Waals surface area contributed by atoms with Crippen LogP contribution >= 0.6 is 23.8 Å². The van der Waals surface area contributed by atoms with Crippen LogP contribution in [0.15, 0.2) is 36.5 Å². The van der Waals surface area contributed by atoms with E-state index in [0.717, 1.165) is 5.56 Å². The van der Waals surface area contributed by atoms with Gasteiger partial charge in [0.2, 0.25) is 0 Å². The van der Waals surface area contributed by atoms with Crippen LogP contribution in [0.5, 0.6) is 5.75 Å². The smallest absolute Gasteiger partial charge is 0.176 e. The highest BCUT2D eigenvalue weighted by Gasteiger charge is 2.06. The summed E-state index contributed by atoms with van der Waals surface area (Å²) in [4.78, 5) is 4.19. The van der Waals surface area contributed by atoms with Crippen molar-refractivity contribution in [2.45, 2.75) is 6.92 Å². The number of methoxy groups -OCH3 is 1. The zero-order valence-electron chi connectivity index (χ0n) is 11.1. The summed E-state index contributed by atoms with van der Waals surface area (Å²) < 4.78 is 5.25. The number of nitrogens with zero attached hydrogens (tertiary/aromatic N) is 1. The second-order valence-electron chi connectivity index (χ2n) is 4.14. The van der Waals surface area contributed by atoms with Crippen LogP contribution in [0.3, 0.4) is 0 Å². The molecule has 0 radical (unpaired) electrons. The number of hydrogen-bond acceptors (Lipinski definition) is 3. The molecule has 104 valence electrons. The van der Waals surface area contributed by atoms with Gasteiger partial charge in [-0.3, -0.25) is 0 Å². The fraction of sp³-hybridized carbons (Fsp3) is 0.143. The largest absolute Gasteiger partial charge is 0.495 e. The summed E-state index contributed by atoms with van der Waals surface area (Å²) in [5.74, 6) is 1.35. The van der Waals surface area contributed by atoms with E-state index in [0.29, 0.717) is 27.4 Å². The lowest BCUT2D eigenvalue weighted by molar-refractivity contribution is 0.417. The molecule has 0 saturated heterocycles. The Bertz CT molecular complexity index is 634. The van der Waals surface area contributed by atoms with Crippen molar-refractivity contribution in [1.29, 1.82) is 0 Å². The number of aryl methyl sites for hydroxylation is 1. The molecule has 1 heterocycles. The maximum absolute atomic E-state index is 5.97. The Labute approximate surface area is 128 Å². The van der Waals surface area contributed by atoms with Gasteiger partial charge >= 0.3 is 0 Å². The third kappa shape index (κ3) is 3.82. The van der Waals surface area contributed by atoms with Crippen LogP contribution in [0, 0.1) is 6.92 Å². The lowest BCUT2D eigenvalue weighted by Gasteiger charge is -2.13. The molecule has 0 aliphatic carbocycles. The number of hydrogen-bond donors (Lipinski definition) is 2. The van der Waals surface area contributed by atoms with Crippen molar-refractivity contribution in [2.75, 3.05) is 17.7 Å². The van der Waals surface area contributed by atoms with E-state index in [2.05, 4.69) is 15.6 Å². The first kappa shape index (κ1) is 14.6. The van der Waals surface area contributed by atoms with Gasteiger partial charge in [0.05, 0.1) is 12.8 Å². The van der Waals surface area contributed by atoms with Crippen LogP contribution < -0.4 is 15.4 Å². The average molecular weight is 308 g/mol. The van der Waals surface area contributed by atoms with E-state index in [4.69, 9.17) is 28.6 Å². The van der Waals surface area contributed by atoms with Crippen LogP contribution in [0.1, 0.15) is 5.56 Å². The minimum atomic E-state index is 0.420. The number of anilines is 2. The third-order valence-corrected chi connectivity index (χ3v) is 3.01. The van der Waals surface area contributed by atoms with E-state index in [1.54, 1.807) is 31.5 Å². The third-order valence-electron chi connectivity index (χ3n) is 2.57. The normalized spacial score (nSPS) is 9.95. The molecule has 4 nitrogen and oxygen atoms in total. The molecule has 2 N–H and O–H groups in total. The van der Waals surface area contributed by atoms with Crippen LogP contribution in [-0.2, 0) is 0 Å². The topological polar surface area (TPSA) is 46.2 Å². The van der Waals surface area contributed by atoms with Crippen molar-refractivity contribution in [1.82, 2.24) is 4.98 Å². The molecular formula is C14H14ClN3OS. The van der Waals surface area contributed by atoms with Gasteiger partial charge in [-0.25, -0.2) is 4.98 Å². The fourth-order valence-corrected chi connectivity index (χ4v) is 2.04. The van der Waals surface area contributed by atoms with Crippen LogP contribution in [-0.4, -0.2) is 17.2 Å². The Hall–Kier alpha value is -1.85. The zero-order valence-corrected chi connectivity index (χ0v) is 12.7. The molecule has 0 aliphatic rings. The Morgan fingerprint density at radius 2 is 2.05 bits per heavy atom. The number of pyridine rings is 1. The van der Waals surface area contributed by atoms with Crippen molar-refractivity contribution >= 4 is 40.4 Å². The molecule has 2 aromatic rings. The van der Waals surface area contributed by atoms with Crippen molar-refractivity contribution in [2.24, 2.45) is 0 Å². The quantitative estimate of drug-likeness (QED) is 0.843. The molecule has 1 aromatic heterocycles. The minimum Gasteiger partial charge on any atom is -0.495 e. The molecule has 1 aromatic carbocycles. The predicted octanol–water partition coefficient (Wildman–Crippen LogP) is 3.86. The Balaban J connectivity index is 2.10. The second kappa shape index (κ2) is 6.54. The summed E-state index contributed by atoms with van der Waals surface area (Å²) in [5.41, 5.74) is 1.80. The SMILES string of the molecule is COc1ccc(Cl)cc1NC(=S)Nc1cc(C)ccn1. The number of rotatable bonds is 3. The van der Waals surface area contributed by atoms with Crippen LogP contribution in [0.2, 0.25) is 5.02 Å². The van der Waals surface area contributed by atoms with Gasteiger partial charge in [0.25, 0.3) is 0 Å². The first-order chi connectivity index (χ1) is 9.58. The molecule has 20 heavy (non-hydrogen) atoms. The average Bonchev–Trinajstić information content (AvgIpc) is 2.38. The number of nitrogens with one attached hydrogen (secondary N) is 2. The molecule has 0 bridgehead atoms. The molecular weight excluding hydrogens is 294 g/mol. The Morgan fingerprint density at radius 1 is 1.25 bits per heavy atom. The van der Waals surface area contributed by atoms with Gasteiger partial charge in [0.1, 0.15) is 11.6 Å². The monoisotopic (exact) mass is 307 g/mol. The highest BCUT2D eigenvalue weighted by Crippen LogP contribution is 2.27. The number of halogens is 1. The minimum absolute atomic E-state index is 0.420. The molecule has 0 aliphatic heterocycles. The van der Waals surface area contributed by atoms with E-state index in [-0.39, 0.29) is 0 Å². The summed E-state index contributed by atoms with van der Waals surface area (Å²) in [7, 11) is 1.59. The van der Waals surface area contributed by atoms with E-state index in [1.807, 2.05) is 19.1 Å². The molecule has 0 fully saturated rings. The number of aromatic nitrogens is 1. The summed E-state index contributed by atoms with van der Waals surface area (Å²) >= 11 is 11.2. The molecule has 2 rings (SSSR count). The first-order valence-corrected chi connectivity index (χ1v) is 6.71. The number of ether oxygens (including phenoxy) is 1. The lowest BCUT2D eigenvalue weighted by atomic mass is 10.3.